The first-order valence-corrected chi connectivity index (χ1v) is 10.3. The molecule has 0 saturated heterocycles. The third-order valence-electron chi connectivity index (χ3n) is 4.65. The number of nitrogens with zero attached hydrogens (tertiary/aromatic N) is 1. The summed E-state index contributed by atoms with van der Waals surface area (Å²) in [5, 5.41) is 6.69. The summed E-state index contributed by atoms with van der Waals surface area (Å²) in [5.74, 6) is 2.21. The summed E-state index contributed by atoms with van der Waals surface area (Å²) in [4.78, 5) is 4.76. The van der Waals surface area contributed by atoms with E-state index < -0.39 is 0 Å². The van der Waals surface area contributed by atoms with E-state index >= 15 is 0 Å². The fourth-order valence-corrected chi connectivity index (χ4v) is 2.96. The number of halogens is 1. The van der Waals surface area contributed by atoms with Crippen LogP contribution in [0.5, 0.6) is 11.5 Å². The zero-order valence-electron chi connectivity index (χ0n) is 18.2. The molecule has 170 valence electrons. The van der Waals surface area contributed by atoms with Gasteiger partial charge in [-0.3, -0.25) is 0 Å². The predicted molar refractivity (Wildman–Crippen MR) is 134 cm³/mol. The molecule has 3 rings (SSSR count). The minimum atomic E-state index is 0. The van der Waals surface area contributed by atoms with E-state index in [0.717, 1.165) is 23.6 Å². The molecule has 0 fully saturated rings. The number of nitrogens with one attached hydrogen (secondary N) is 2. The minimum absolute atomic E-state index is 0. The van der Waals surface area contributed by atoms with Gasteiger partial charge in [0.2, 0.25) is 0 Å². The number of anilines is 1. The van der Waals surface area contributed by atoms with E-state index in [2.05, 4.69) is 29.7 Å². The number of fused-ring (bicyclic) bond motifs is 1. The molecule has 2 aromatic carbocycles. The Labute approximate surface area is 201 Å². The molecular formula is C23H32IN3O4. The number of guanidine groups is 1. The fraction of sp³-hybridized carbons (Fsp3) is 0.435. The number of hydrogen-bond donors (Lipinski definition) is 2. The van der Waals surface area contributed by atoms with Crippen LogP contribution in [0.2, 0.25) is 0 Å². The summed E-state index contributed by atoms with van der Waals surface area (Å²) in [6, 6.07) is 14.1. The second kappa shape index (κ2) is 14.1. The molecule has 0 aromatic heterocycles. The highest BCUT2D eigenvalue weighted by Gasteiger charge is 2.11. The molecule has 0 spiro atoms. The molecule has 0 unspecified atom stereocenters. The Morgan fingerprint density at radius 3 is 2.65 bits per heavy atom. The maximum Gasteiger partial charge on any atom is 0.196 e. The lowest BCUT2D eigenvalue weighted by Crippen LogP contribution is -2.33. The molecule has 1 aliphatic heterocycles. The van der Waals surface area contributed by atoms with E-state index in [1.54, 1.807) is 7.11 Å². The molecule has 0 aliphatic carbocycles. The first-order chi connectivity index (χ1) is 14.8. The number of rotatable bonds is 9. The Morgan fingerprint density at radius 1 is 1.03 bits per heavy atom. The maximum atomic E-state index is 5.79. The monoisotopic (exact) mass is 541 g/mol. The molecule has 1 heterocycles. The van der Waals surface area contributed by atoms with Gasteiger partial charge in [-0.25, -0.2) is 4.99 Å². The van der Waals surface area contributed by atoms with Gasteiger partial charge in [-0.05, 0) is 30.2 Å². The van der Waals surface area contributed by atoms with E-state index in [0.29, 0.717) is 52.1 Å². The van der Waals surface area contributed by atoms with Crippen molar-refractivity contribution in [3.63, 3.8) is 0 Å². The zero-order valence-corrected chi connectivity index (χ0v) is 20.5. The number of hydrogen-bond acceptors (Lipinski definition) is 5. The van der Waals surface area contributed by atoms with Crippen molar-refractivity contribution < 1.29 is 18.9 Å². The fourth-order valence-electron chi connectivity index (χ4n) is 2.96. The molecule has 1 aliphatic rings. The highest BCUT2D eigenvalue weighted by Crippen LogP contribution is 2.32. The Bertz CT molecular complexity index is 832. The van der Waals surface area contributed by atoms with Crippen LogP contribution in [-0.4, -0.2) is 52.6 Å². The average molecular weight is 541 g/mol. The summed E-state index contributed by atoms with van der Waals surface area (Å²) in [6.07, 6.45) is 0.880. The van der Waals surface area contributed by atoms with E-state index in [1.807, 2.05) is 30.3 Å². The third-order valence-corrected chi connectivity index (χ3v) is 4.65. The third kappa shape index (κ3) is 8.54. The summed E-state index contributed by atoms with van der Waals surface area (Å²) in [6.45, 7) is 6.36. The van der Waals surface area contributed by atoms with Gasteiger partial charge in [-0.15, -0.1) is 24.0 Å². The normalized spacial score (nSPS) is 13.2. The van der Waals surface area contributed by atoms with Crippen molar-refractivity contribution in [3.8, 4) is 11.5 Å². The number of benzene rings is 2. The second-order valence-corrected chi connectivity index (χ2v) is 6.96. The van der Waals surface area contributed by atoms with Gasteiger partial charge in [0.05, 0.1) is 39.6 Å². The number of ether oxygens (including phenoxy) is 4. The minimum Gasteiger partial charge on any atom is -0.490 e. The topological polar surface area (TPSA) is 73.3 Å². The van der Waals surface area contributed by atoms with Crippen LogP contribution in [0, 0.1) is 6.92 Å². The van der Waals surface area contributed by atoms with Crippen LogP contribution in [0.4, 0.5) is 5.69 Å². The molecule has 8 heteroatoms. The predicted octanol–water partition coefficient (Wildman–Crippen LogP) is 4.00. The Hall–Kier alpha value is -2.04. The zero-order chi connectivity index (χ0) is 21.0. The van der Waals surface area contributed by atoms with Gasteiger partial charge in [0.15, 0.2) is 17.5 Å². The standard InChI is InChI=1S/C23H31N3O4.HI/c1-18-6-3-4-7-19(18)17-25-23(24-10-13-28-15-14-27-2)26-20-8-9-21-22(16-20)30-12-5-11-29-21;/h3-4,6-9,16H,5,10-15,17H2,1-2H3,(H2,24,25,26);1H. The largest absolute Gasteiger partial charge is 0.490 e. The van der Waals surface area contributed by atoms with Gasteiger partial charge in [0.25, 0.3) is 0 Å². The summed E-state index contributed by atoms with van der Waals surface area (Å²) in [7, 11) is 1.66. The molecule has 7 nitrogen and oxygen atoms in total. The van der Waals surface area contributed by atoms with Gasteiger partial charge in [-0.2, -0.15) is 0 Å². The lowest BCUT2D eigenvalue weighted by molar-refractivity contribution is 0.0734. The van der Waals surface area contributed by atoms with Crippen molar-refractivity contribution >= 4 is 35.6 Å². The molecule has 31 heavy (non-hydrogen) atoms. The number of aliphatic imine (C=N–C) groups is 1. The van der Waals surface area contributed by atoms with E-state index in [-0.39, 0.29) is 24.0 Å². The van der Waals surface area contributed by atoms with Crippen LogP contribution in [0.25, 0.3) is 0 Å². The molecular weight excluding hydrogens is 509 g/mol. The maximum absolute atomic E-state index is 5.79. The van der Waals surface area contributed by atoms with Crippen LogP contribution >= 0.6 is 24.0 Å². The van der Waals surface area contributed by atoms with Crippen LogP contribution in [0.3, 0.4) is 0 Å². The lowest BCUT2D eigenvalue weighted by atomic mass is 10.1. The van der Waals surface area contributed by atoms with Gasteiger partial charge in [0, 0.05) is 31.8 Å². The highest BCUT2D eigenvalue weighted by atomic mass is 127. The first-order valence-electron chi connectivity index (χ1n) is 10.3. The Morgan fingerprint density at radius 2 is 1.84 bits per heavy atom. The van der Waals surface area contributed by atoms with Gasteiger partial charge >= 0.3 is 0 Å². The molecule has 0 radical (unpaired) electrons. The van der Waals surface area contributed by atoms with Crippen molar-refractivity contribution in [2.45, 2.75) is 19.9 Å². The number of methoxy groups -OCH3 is 1. The Kier molecular flexibility index (Phi) is 11.5. The summed E-state index contributed by atoms with van der Waals surface area (Å²) >= 11 is 0. The van der Waals surface area contributed by atoms with Gasteiger partial charge in [0.1, 0.15) is 0 Å². The Balaban J connectivity index is 0.00000341. The smallest absolute Gasteiger partial charge is 0.196 e. The molecule has 0 atom stereocenters. The molecule has 2 aromatic rings. The molecule has 0 amide bonds. The van der Waals surface area contributed by atoms with Crippen LogP contribution < -0.4 is 20.1 Å². The lowest BCUT2D eigenvalue weighted by Gasteiger charge is -2.15. The quantitative estimate of drug-likeness (QED) is 0.217. The van der Waals surface area contributed by atoms with Crippen LogP contribution in [0.1, 0.15) is 17.5 Å². The van der Waals surface area contributed by atoms with Crippen LogP contribution in [-0.2, 0) is 16.0 Å². The van der Waals surface area contributed by atoms with Crippen molar-refractivity contribution in [1.82, 2.24) is 5.32 Å². The van der Waals surface area contributed by atoms with Crippen molar-refractivity contribution in [1.29, 1.82) is 0 Å². The second-order valence-electron chi connectivity index (χ2n) is 6.96. The van der Waals surface area contributed by atoms with Crippen molar-refractivity contribution in [2.75, 3.05) is 52.0 Å². The van der Waals surface area contributed by atoms with E-state index in [1.165, 1.54) is 11.1 Å². The highest BCUT2D eigenvalue weighted by molar-refractivity contribution is 14.0. The van der Waals surface area contributed by atoms with Crippen molar-refractivity contribution in [3.05, 3.63) is 53.6 Å². The van der Waals surface area contributed by atoms with E-state index in [4.69, 9.17) is 23.9 Å². The number of aryl methyl sites for hydroxylation is 1. The average Bonchev–Trinajstić information content (AvgIpc) is 3.00. The molecule has 0 bridgehead atoms. The van der Waals surface area contributed by atoms with Crippen LogP contribution in [0.15, 0.2) is 47.5 Å². The van der Waals surface area contributed by atoms with E-state index in [9.17, 15) is 0 Å². The summed E-state index contributed by atoms with van der Waals surface area (Å²) < 4.78 is 22.0. The molecule has 2 N–H and O–H groups in total. The molecule has 0 saturated carbocycles. The van der Waals surface area contributed by atoms with Gasteiger partial charge < -0.3 is 29.6 Å². The van der Waals surface area contributed by atoms with Gasteiger partial charge in [-0.1, -0.05) is 24.3 Å². The summed E-state index contributed by atoms with van der Waals surface area (Å²) in [5.41, 5.74) is 3.29. The van der Waals surface area contributed by atoms with Crippen molar-refractivity contribution in [2.24, 2.45) is 4.99 Å². The first kappa shape index (κ1) is 25.2. The SMILES string of the molecule is COCCOCCNC(=NCc1ccccc1C)Nc1ccc2c(c1)OCCCO2.I.